The standard InChI is InChI=1S/C16H19NOS/c1-13-11-14(12-19-13)16(18)7-9-17(10-8-16)15-5-3-2-4-6-15/h2-6,11-12,18H,7-10H2,1H3. The number of para-hydroxylation sites is 1. The van der Waals surface area contributed by atoms with E-state index >= 15 is 0 Å². The second-order valence-corrected chi connectivity index (χ2v) is 6.42. The molecule has 1 N–H and O–H groups in total. The van der Waals surface area contributed by atoms with Crippen LogP contribution in [0.1, 0.15) is 23.3 Å². The summed E-state index contributed by atoms with van der Waals surface area (Å²) in [6.45, 7) is 3.92. The molecule has 2 nitrogen and oxygen atoms in total. The third-order valence-electron chi connectivity index (χ3n) is 3.98. The summed E-state index contributed by atoms with van der Waals surface area (Å²) in [5.41, 5.74) is 1.73. The Balaban J connectivity index is 1.72. The molecule has 3 heteroatoms. The van der Waals surface area contributed by atoms with Crippen molar-refractivity contribution in [1.29, 1.82) is 0 Å². The summed E-state index contributed by atoms with van der Waals surface area (Å²) < 4.78 is 0. The lowest BCUT2D eigenvalue weighted by Crippen LogP contribution is -2.42. The molecule has 19 heavy (non-hydrogen) atoms. The molecule has 100 valence electrons. The Labute approximate surface area is 118 Å². The average molecular weight is 273 g/mol. The van der Waals surface area contributed by atoms with E-state index in [1.54, 1.807) is 11.3 Å². The van der Waals surface area contributed by atoms with Gasteiger partial charge in [-0.15, -0.1) is 11.3 Å². The van der Waals surface area contributed by atoms with E-state index in [0.29, 0.717) is 0 Å². The molecular weight excluding hydrogens is 254 g/mol. The highest BCUT2D eigenvalue weighted by Gasteiger charge is 2.34. The maximum Gasteiger partial charge on any atom is 0.0938 e. The van der Waals surface area contributed by atoms with Crippen LogP contribution < -0.4 is 4.90 Å². The normalized spacial score (nSPS) is 18.5. The Morgan fingerprint density at radius 3 is 2.42 bits per heavy atom. The Hall–Kier alpha value is -1.32. The number of hydrogen-bond acceptors (Lipinski definition) is 3. The van der Waals surface area contributed by atoms with E-state index in [9.17, 15) is 5.11 Å². The van der Waals surface area contributed by atoms with Crippen LogP contribution in [0.5, 0.6) is 0 Å². The van der Waals surface area contributed by atoms with Crippen LogP contribution in [-0.2, 0) is 5.60 Å². The van der Waals surface area contributed by atoms with Crippen LogP contribution in [-0.4, -0.2) is 18.2 Å². The van der Waals surface area contributed by atoms with Crippen molar-refractivity contribution >= 4 is 17.0 Å². The zero-order chi connectivity index (χ0) is 13.3. The van der Waals surface area contributed by atoms with Crippen molar-refractivity contribution in [2.24, 2.45) is 0 Å². The molecule has 1 saturated heterocycles. The van der Waals surface area contributed by atoms with Crippen molar-refractivity contribution in [3.8, 4) is 0 Å². The molecule has 2 heterocycles. The molecule has 0 aliphatic carbocycles. The lowest BCUT2D eigenvalue weighted by atomic mass is 9.86. The summed E-state index contributed by atoms with van der Waals surface area (Å²) in [4.78, 5) is 3.63. The second-order valence-electron chi connectivity index (χ2n) is 5.30. The maximum atomic E-state index is 10.8. The average Bonchev–Trinajstić information content (AvgIpc) is 2.88. The number of rotatable bonds is 2. The molecule has 1 fully saturated rings. The molecule has 0 saturated carbocycles. The Morgan fingerprint density at radius 1 is 1.16 bits per heavy atom. The highest BCUT2D eigenvalue weighted by molar-refractivity contribution is 7.10. The lowest BCUT2D eigenvalue weighted by Gasteiger charge is -2.39. The number of piperidine rings is 1. The van der Waals surface area contributed by atoms with Crippen LogP contribution in [0.2, 0.25) is 0 Å². The minimum atomic E-state index is -0.629. The lowest BCUT2D eigenvalue weighted by molar-refractivity contribution is 0.0121. The minimum absolute atomic E-state index is 0.629. The van der Waals surface area contributed by atoms with Gasteiger partial charge in [0.1, 0.15) is 0 Å². The third kappa shape index (κ3) is 2.53. The largest absolute Gasteiger partial charge is 0.385 e. The fourth-order valence-electron chi connectivity index (χ4n) is 2.75. The second kappa shape index (κ2) is 4.99. The first-order valence-electron chi connectivity index (χ1n) is 6.75. The van der Waals surface area contributed by atoms with Crippen LogP contribution in [0.15, 0.2) is 41.8 Å². The number of nitrogens with zero attached hydrogens (tertiary/aromatic N) is 1. The van der Waals surface area contributed by atoms with Crippen LogP contribution in [0.3, 0.4) is 0 Å². The molecule has 1 aromatic carbocycles. The first-order valence-corrected chi connectivity index (χ1v) is 7.63. The summed E-state index contributed by atoms with van der Waals surface area (Å²) in [5, 5.41) is 12.9. The van der Waals surface area contributed by atoms with Crippen LogP contribution in [0.4, 0.5) is 5.69 Å². The van der Waals surface area contributed by atoms with Gasteiger partial charge in [-0.25, -0.2) is 0 Å². The van der Waals surface area contributed by atoms with Gasteiger partial charge in [-0.1, -0.05) is 18.2 Å². The fraction of sp³-hybridized carbons (Fsp3) is 0.375. The molecule has 0 atom stereocenters. The Bertz CT molecular complexity index is 541. The summed E-state index contributed by atoms with van der Waals surface area (Å²) in [5.74, 6) is 0. The molecule has 1 aromatic heterocycles. The van der Waals surface area contributed by atoms with Crippen molar-refractivity contribution < 1.29 is 5.11 Å². The summed E-state index contributed by atoms with van der Waals surface area (Å²) in [6, 6.07) is 12.6. The van der Waals surface area contributed by atoms with Crippen molar-refractivity contribution in [3.05, 3.63) is 52.2 Å². The van der Waals surface area contributed by atoms with Crippen LogP contribution >= 0.6 is 11.3 Å². The van der Waals surface area contributed by atoms with Crippen LogP contribution in [0, 0.1) is 6.92 Å². The predicted molar refractivity (Wildman–Crippen MR) is 80.8 cm³/mol. The quantitative estimate of drug-likeness (QED) is 0.904. The van der Waals surface area contributed by atoms with Crippen molar-refractivity contribution in [2.75, 3.05) is 18.0 Å². The monoisotopic (exact) mass is 273 g/mol. The first-order chi connectivity index (χ1) is 9.17. The number of thiophene rings is 1. The van der Waals surface area contributed by atoms with E-state index in [4.69, 9.17) is 0 Å². The van der Waals surface area contributed by atoms with Gasteiger partial charge in [0, 0.05) is 23.7 Å². The van der Waals surface area contributed by atoms with Crippen molar-refractivity contribution in [1.82, 2.24) is 0 Å². The highest BCUT2D eigenvalue weighted by Crippen LogP contribution is 2.36. The van der Waals surface area contributed by atoms with E-state index in [-0.39, 0.29) is 0 Å². The number of aliphatic hydroxyl groups is 1. The number of aryl methyl sites for hydroxylation is 1. The van der Waals surface area contributed by atoms with E-state index in [1.165, 1.54) is 10.6 Å². The molecule has 0 unspecified atom stereocenters. The molecule has 0 amide bonds. The first kappa shape index (κ1) is 12.7. The maximum absolute atomic E-state index is 10.8. The van der Waals surface area contributed by atoms with Gasteiger partial charge in [0.25, 0.3) is 0 Å². The van der Waals surface area contributed by atoms with Gasteiger partial charge in [0.05, 0.1) is 5.60 Å². The SMILES string of the molecule is Cc1cc(C2(O)CCN(c3ccccc3)CC2)cs1. The topological polar surface area (TPSA) is 23.5 Å². The summed E-state index contributed by atoms with van der Waals surface area (Å²) in [6.07, 6.45) is 1.61. The molecular formula is C16H19NOS. The smallest absolute Gasteiger partial charge is 0.0938 e. The zero-order valence-electron chi connectivity index (χ0n) is 11.2. The van der Waals surface area contributed by atoms with Gasteiger partial charge in [-0.2, -0.15) is 0 Å². The van der Waals surface area contributed by atoms with Crippen molar-refractivity contribution in [3.63, 3.8) is 0 Å². The Kier molecular flexibility index (Phi) is 3.33. The van der Waals surface area contributed by atoms with E-state index in [0.717, 1.165) is 31.5 Å². The van der Waals surface area contributed by atoms with Gasteiger partial charge in [0.2, 0.25) is 0 Å². The molecule has 1 aliphatic rings. The molecule has 2 aromatic rings. The van der Waals surface area contributed by atoms with Crippen LogP contribution in [0.25, 0.3) is 0 Å². The summed E-state index contributed by atoms with van der Waals surface area (Å²) in [7, 11) is 0. The molecule has 0 radical (unpaired) electrons. The number of benzene rings is 1. The van der Waals surface area contributed by atoms with Gasteiger partial charge in [-0.05, 0) is 48.9 Å². The molecule has 0 bridgehead atoms. The van der Waals surface area contributed by atoms with E-state index in [1.807, 2.05) is 6.07 Å². The predicted octanol–water partition coefficient (Wildman–Crippen LogP) is 3.54. The zero-order valence-corrected chi connectivity index (χ0v) is 12.0. The molecule has 1 aliphatic heterocycles. The fourth-order valence-corrected chi connectivity index (χ4v) is 3.55. The Morgan fingerprint density at radius 2 is 1.84 bits per heavy atom. The third-order valence-corrected chi connectivity index (χ3v) is 4.84. The summed E-state index contributed by atoms with van der Waals surface area (Å²) >= 11 is 1.72. The van der Waals surface area contributed by atoms with E-state index < -0.39 is 5.60 Å². The van der Waals surface area contributed by atoms with Gasteiger partial charge >= 0.3 is 0 Å². The van der Waals surface area contributed by atoms with Crippen molar-refractivity contribution in [2.45, 2.75) is 25.4 Å². The molecule has 0 spiro atoms. The van der Waals surface area contributed by atoms with E-state index in [2.05, 4.69) is 47.5 Å². The minimum Gasteiger partial charge on any atom is -0.385 e. The number of anilines is 1. The number of hydrogen-bond donors (Lipinski definition) is 1. The van der Waals surface area contributed by atoms with Gasteiger partial charge in [-0.3, -0.25) is 0 Å². The van der Waals surface area contributed by atoms with Gasteiger partial charge in [0.15, 0.2) is 0 Å². The highest BCUT2D eigenvalue weighted by atomic mass is 32.1. The van der Waals surface area contributed by atoms with Gasteiger partial charge < -0.3 is 10.0 Å². The molecule has 3 rings (SSSR count).